The number of hydrogen-bond donors (Lipinski definition) is 1. The third kappa shape index (κ3) is 6.95. The van der Waals surface area contributed by atoms with Crippen molar-refractivity contribution in [3.8, 4) is 5.75 Å². The van der Waals surface area contributed by atoms with E-state index in [1.165, 1.54) is 24.0 Å². The molecule has 0 saturated carbocycles. The standard InChI is InChI=1S/C26H27F3N2O6S2/c1-3-39(34,35)30-24(32)19-5-4-11-31(15-19)25(33)16(2)17-6-9-23(21(14-17)26(27,28)29)38-20-7-8-22-18(13-20)10-12-36-37-22/h6-9,13-14,19H,2-5,10-12,15H2,1H3,(H,30,32). The molecule has 4 rings (SSSR count). The van der Waals surface area contributed by atoms with Gasteiger partial charge in [0.15, 0.2) is 5.75 Å². The zero-order valence-corrected chi connectivity index (χ0v) is 22.7. The highest BCUT2D eigenvalue weighted by atomic mass is 32.2. The molecule has 0 radical (unpaired) electrons. The predicted molar refractivity (Wildman–Crippen MR) is 138 cm³/mol. The van der Waals surface area contributed by atoms with Crippen LogP contribution in [0.5, 0.6) is 5.75 Å². The molecule has 2 amide bonds. The fraction of sp³-hybridized carbons (Fsp3) is 0.385. The first kappa shape index (κ1) is 29.0. The quantitative estimate of drug-likeness (QED) is 0.379. The van der Waals surface area contributed by atoms with E-state index in [0.29, 0.717) is 36.5 Å². The van der Waals surface area contributed by atoms with Gasteiger partial charge in [-0.15, -0.1) is 0 Å². The fourth-order valence-corrected chi connectivity index (χ4v) is 5.94. The van der Waals surface area contributed by atoms with Crippen LogP contribution < -0.4 is 9.61 Å². The van der Waals surface area contributed by atoms with Crippen molar-refractivity contribution in [3.63, 3.8) is 0 Å². The van der Waals surface area contributed by atoms with Crippen LogP contribution in [-0.2, 0) is 37.1 Å². The van der Waals surface area contributed by atoms with Gasteiger partial charge in [0.1, 0.15) is 0 Å². The number of fused-ring (bicyclic) bond motifs is 1. The lowest BCUT2D eigenvalue weighted by Gasteiger charge is -2.32. The van der Waals surface area contributed by atoms with Crippen LogP contribution >= 0.6 is 11.8 Å². The molecule has 2 heterocycles. The van der Waals surface area contributed by atoms with Crippen molar-refractivity contribution in [2.75, 3.05) is 25.4 Å². The van der Waals surface area contributed by atoms with Gasteiger partial charge in [-0.1, -0.05) is 24.4 Å². The van der Waals surface area contributed by atoms with E-state index >= 15 is 0 Å². The lowest BCUT2D eigenvalue weighted by Crippen LogP contribution is -2.47. The number of nitrogens with one attached hydrogen (secondary N) is 1. The lowest BCUT2D eigenvalue weighted by molar-refractivity contribution is -0.215. The Balaban J connectivity index is 1.52. The summed E-state index contributed by atoms with van der Waals surface area (Å²) in [5, 5.41) is 0. The van der Waals surface area contributed by atoms with E-state index in [1.54, 1.807) is 18.2 Å². The molecule has 1 saturated heterocycles. The summed E-state index contributed by atoms with van der Waals surface area (Å²) in [7, 11) is -3.76. The zero-order valence-electron chi connectivity index (χ0n) is 21.0. The van der Waals surface area contributed by atoms with E-state index in [0.717, 1.165) is 23.4 Å². The van der Waals surface area contributed by atoms with Crippen molar-refractivity contribution >= 4 is 39.2 Å². The Morgan fingerprint density at radius 3 is 2.69 bits per heavy atom. The Morgan fingerprint density at radius 2 is 1.97 bits per heavy atom. The maximum absolute atomic E-state index is 14.1. The van der Waals surface area contributed by atoms with Gasteiger partial charge in [0.05, 0.1) is 23.8 Å². The van der Waals surface area contributed by atoms with Crippen molar-refractivity contribution in [1.82, 2.24) is 9.62 Å². The molecule has 1 atom stereocenters. The number of benzene rings is 2. The van der Waals surface area contributed by atoms with Crippen LogP contribution in [0.1, 0.15) is 36.5 Å². The van der Waals surface area contributed by atoms with Crippen LogP contribution in [0.4, 0.5) is 13.2 Å². The second-order valence-electron chi connectivity index (χ2n) is 9.17. The Labute approximate surface area is 228 Å². The minimum absolute atomic E-state index is 0.00722. The number of alkyl halides is 3. The first-order valence-corrected chi connectivity index (χ1v) is 14.7. The summed E-state index contributed by atoms with van der Waals surface area (Å²) >= 11 is 0.946. The van der Waals surface area contributed by atoms with E-state index in [9.17, 15) is 31.2 Å². The second-order valence-corrected chi connectivity index (χ2v) is 12.3. The normalized spacial score (nSPS) is 17.6. The smallest absolute Gasteiger partial charge is 0.338 e. The topological polar surface area (TPSA) is 102 Å². The van der Waals surface area contributed by atoms with Gasteiger partial charge in [0, 0.05) is 40.4 Å². The fourth-order valence-electron chi connectivity index (χ4n) is 4.31. The molecule has 2 aromatic carbocycles. The molecule has 0 bridgehead atoms. The minimum Gasteiger partial charge on any atom is -0.338 e. The third-order valence-corrected chi connectivity index (χ3v) is 8.81. The average molecular weight is 585 g/mol. The molecule has 2 aliphatic heterocycles. The molecular formula is C26H27F3N2O6S2. The van der Waals surface area contributed by atoms with Gasteiger partial charge in [-0.2, -0.15) is 18.1 Å². The molecule has 13 heteroatoms. The summed E-state index contributed by atoms with van der Waals surface area (Å²) in [6.07, 6.45) is -3.30. The van der Waals surface area contributed by atoms with Crippen molar-refractivity contribution in [1.29, 1.82) is 0 Å². The number of rotatable bonds is 7. The summed E-state index contributed by atoms with van der Waals surface area (Å²) in [4.78, 5) is 37.4. The number of sulfonamides is 1. The van der Waals surface area contributed by atoms with E-state index in [4.69, 9.17) is 9.78 Å². The Morgan fingerprint density at radius 1 is 1.21 bits per heavy atom. The van der Waals surface area contributed by atoms with Gasteiger partial charge in [-0.3, -0.25) is 14.3 Å². The number of likely N-dealkylation sites (tertiary alicyclic amines) is 1. The molecule has 210 valence electrons. The van der Waals surface area contributed by atoms with Gasteiger partial charge in [-0.25, -0.2) is 8.42 Å². The molecule has 1 N–H and O–H groups in total. The molecule has 1 unspecified atom stereocenters. The Kier molecular flexibility index (Phi) is 8.62. The molecule has 0 aromatic heterocycles. The predicted octanol–water partition coefficient (Wildman–Crippen LogP) is 4.44. The monoisotopic (exact) mass is 584 g/mol. The number of piperidine rings is 1. The van der Waals surface area contributed by atoms with Crippen LogP contribution in [0.3, 0.4) is 0 Å². The number of nitrogens with zero attached hydrogens (tertiary/aromatic N) is 1. The summed E-state index contributed by atoms with van der Waals surface area (Å²) in [5.41, 5.74) is -0.217. The van der Waals surface area contributed by atoms with Gasteiger partial charge >= 0.3 is 6.18 Å². The summed E-state index contributed by atoms with van der Waals surface area (Å²) in [6, 6.07) is 8.66. The van der Waals surface area contributed by atoms with Crippen molar-refractivity contribution in [2.45, 2.75) is 42.2 Å². The summed E-state index contributed by atoms with van der Waals surface area (Å²) in [6.45, 7) is 5.70. The average Bonchev–Trinajstić information content (AvgIpc) is 2.91. The van der Waals surface area contributed by atoms with Crippen LogP contribution in [0.2, 0.25) is 0 Å². The van der Waals surface area contributed by atoms with E-state index in [1.807, 2.05) is 4.72 Å². The number of amides is 2. The highest BCUT2D eigenvalue weighted by molar-refractivity contribution is 7.99. The lowest BCUT2D eigenvalue weighted by atomic mass is 9.96. The van der Waals surface area contributed by atoms with Crippen molar-refractivity contribution in [3.05, 3.63) is 59.7 Å². The van der Waals surface area contributed by atoms with Crippen molar-refractivity contribution in [2.24, 2.45) is 5.92 Å². The minimum atomic E-state index is -4.69. The van der Waals surface area contributed by atoms with Crippen molar-refractivity contribution < 1.29 is 41.0 Å². The van der Waals surface area contributed by atoms with E-state index in [2.05, 4.69) is 6.58 Å². The second kappa shape index (κ2) is 11.6. The molecule has 2 aliphatic rings. The van der Waals surface area contributed by atoms with E-state index in [-0.39, 0.29) is 34.9 Å². The maximum Gasteiger partial charge on any atom is 0.417 e. The first-order chi connectivity index (χ1) is 18.4. The summed E-state index contributed by atoms with van der Waals surface area (Å²) in [5.74, 6) is -1.82. The number of halogens is 3. The van der Waals surface area contributed by atoms with Gasteiger partial charge in [0.2, 0.25) is 15.9 Å². The zero-order chi connectivity index (χ0) is 28.4. The van der Waals surface area contributed by atoms with Crippen LogP contribution in [-0.4, -0.2) is 50.6 Å². The number of carbonyl (C=O) groups is 2. The highest BCUT2D eigenvalue weighted by Gasteiger charge is 2.35. The van der Waals surface area contributed by atoms with Crippen LogP contribution in [0.15, 0.2) is 52.8 Å². The molecule has 1 fully saturated rings. The molecule has 8 nitrogen and oxygen atoms in total. The molecule has 39 heavy (non-hydrogen) atoms. The molecule has 2 aromatic rings. The molecule has 0 spiro atoms. The van der Waals surface area contributed by atoms with Gasteiger partial charge in [0.25, 0.3) is 5.91 Å². The molecular weight excluding hydrogens is 557 g/mol. The third-order valence-electron chi connectivity index (χ3n) is 6.47. The number of hydrogen-bond acceptors (Lipinski definition) is 7. The molecule has 0 aliphatic carbocycles. The van der Waals surface area contributed by atoms with Gasteiger partial charge < -0.3 is 9.79 Å². The highest BCUT2D eigenvalue weighted by Crippen LogP contribution is 2.42. The maximum atomic E-state index is 14.1. The van der Waals surface area contributed by atoms with E-state index < -0.39 is 39.5 Å². The summed E-state index contributed by atoms with van der Waals surface area (Å²) < 4.78 is 67.7. The van der Waals surface area contributed by atoms with Crippen LogP contribution in [0.25, 0.3) is 5.57 Å². The van der Waals surface area contributed by atoms with Gasteiger partial charge in [-0.05, 0) is 55.7 Å². The SMILES string of the molecule is C=C(C(=O)N1CCCC(C(=O)NS(=O)(=O)CC)C1)c1ccc(Sc2ccc3c(c2)CCOO3)c(C(F)(F)F)c1. The Hall–Kier alpha value is -3.03. The largest absolute Gasteiger partial charge is 0.417 e. The van der Waals surface area contributed by atoms with Crippen LogP contribution in [0, 0.1) is 5.92 Å². The first-order valence-electron chi connectivity index (χ1n) is 12.2. The number of carbonyl (C=O) groups excluding carboxylic acids is 2. The Bertz CT molecular complexity index is 1390.